The lowest BCUT2D eigenvalue weighted by molar-refractivity contribution is -0.142. The molecular formula is C17H19BrN2O4S. The number of thioether (sulfide) groups is 1. The molecule has 0 radical (unpaired) electrons. The summed E-state index contributed by atoms with van der Waals surface area (Å²) in [6.07, 6.45) is 1.82. The predicted molar refractivity (Wildman–Crippen MR) is 103 cm³/mol. The Bertz CT molecular complexity index is 733. The van der Waals surface area contributed by atoms with Gasteiger partial charge in [-0.05, 0) is 65.3 Å². The van der Waals surface area contributed by atoms with Crippen LogP contribution in [0.25, 0.3) is 6.08 Å². The molecule has 8 heteroatoms. The van der Waals surface area contributed by atoms with Gasteiger partial charge in [0.25, 0.3) is 5.91 Å². The van der Waals surface area contributed by atoms with Crippen LogP contribution in [0, 0.1) is 0 Å². The highest BCUT2D eigenvalue weighted by Gasteiger charge is 2.31. The Balaban J connectivity index is 2.18. The van der Waals surface area contributed by atoms with Crippen molar-refractivity contribution in [3.8, 4) is 5.75 Å². The maximum Gasteiger partial charge on any atom is 0.343 e. The van der Waals surface area contributed by atoms with Gasteiger partial charge >= 0.3 is 5.97 Å². The van der Waals surface area contributed by atoms with E-state index in [-0.39, 0.29) is 12.5 Å². The zero-order valence-electron chi connectivity index (χ0n) is 14.2. The molecular weight excluding hydrogens is 408 g/mol. The molecule has 1 aliphatic rings. The number of halogens is 1. The van der Waals surface area contributed by atoms with E-state index in [1.807, 2.05) is 32.1 Å². The summed E-state index contributed by atoms with van der Waals surface area (Å²) in [6, 6.07) is 5.39. The lowest BCUT2D eigenvalue weighted by Crippen LogP contribution is -2.28. The van der Waals surface area contributed by atoms with Crippen LogP contribution in [0.1, 0.15) is 19.4 Å². The molecule has 0 aromatic heterocycles. The zero-order chi connectivity index (χ0) is 18.4. The number of amides is 1. The summed E-state index contributed by atoms with van der Waals surface area (Å²) in [4.78, 5) is 30.3. The minimum Gasteiger partial charge on any atom is -0.481 e. The average molecular weight is 427 g/mol. The SMILES string of the molecule is CCN=C1S/C(=C/c2ccc(OCC(=O)OC)c(Br)c2)C(=O)N1CC. The summed E-state index contributed by atoms with van der Waals surface area (Å²) in [6.45, 7) is 4.93. The van der Waals surface area contributed by atoms with Gasteiger partial charge in [0.05, 0.1) is 16.5 Å². The van der Waals surface area contributed by atoms with E-state index in [1.54, 1.807) is 11.0 Å². The fraction of sp³-hybridized carbons (Fsp3) is 0.353. The van der Waals surface area contributed by atoms with Crippen molar-refractivity contribution in [2.45, 2.75) is 13.8 Å². The lowest BCUT2D eigenvalue weighted by Gasteiger charge is -2.11. The molecule has 1 saturated heterocycles. The Labute approximate surface area is 159 Å². The number of amidine groups is 1. The molecule has 1 aliphatic heterocycles. The zero-order valence-corrected chi connectivity index (χ0v) is 16.6. The third-order valence-electron chi connectivity index (χ3n) is 3.32. The molecule has 0 atom stereocenters. The summed E-state index contributed by atoms with van der Waals surface area (Å²) in [7, 11) is 1.31. The van der Waals surface area contributed by atoms with Crippen LogP contribution in [0.3, 0.4) is 0 Å². The van der Waals surface area contributed by atoms with Crippen molar-refractivity contribution in [2.75, 3.05) is 26.8 Å². The van der Waals surface area contributed by atoms with Crippen LogP contribution in [-0.2, 0) is 14.3 Å². The van der Waals surface area contributed by atoms with E-state index in [0.717, 1.165) is 10.7 Å². The molecule has 6 nitrogen and oxygen atoms in total. The second-order valence-electron chi connectivity index (χ2n) is 4.97. The van der Waals surface area contributed by atoms with Crippen molar-refractivity contribution in [1.29, 1.82) is 0 Å². The molecule has 1 amide bonds. The highest BCUT2D eigenvalue weighted by molar-refractivity contribution is 9.10. The van der Waals surface area contributed by atoms with Crippen molar-refractivity contribution in [3.05, 3.63) is 33.1 Å². The molecule has 25 heavy (non-hydrogen) atoms. The first-order valence-electron chi connectivity index (χ1n) is 7.75. The maximum atomic E-state index is 12.5. The minimum absolute atomic E-state index is 0.0400. The highest BCUT2D eigenvalue weighted by Crippen LogP contribution is 2.34. The van der Waals surface area contributed by atoms with E-state index in [2.05, 4.69) is 25.7 Å². The molecule has 0 bridgehead atoms. The third-order valence-corrected chi connectivity index (χ3v) is 4.99. The van der Waals surface area contributed by atoms with E-state index in [0.29, 0.717) is 28.2 Å². The molecule has 0 aliphatic carbocycles. The molecule has 0 N–H and O–H groups in total. The Morgan fingerprint density at radius 3 is 2.76 bits per heavy atom. The molecule has 0 spiro atoms. The van der Waals surface area contributed by atoms with E-state index < -0.39 is 5.97 Å². The van der Waals surface area contributed by atoms with Gasteiger partial charge in [0.1, 0.15) is 5.75 Å². The van der Waals surface area contributed by atoms with E-state index in [1.165, 1.54) is 18.9 Å². The van der Waals surface area contributed by atoms with Gasteiger partial charge in [0, 0.05) is 13.1 Å². The number of carbonyl (C=O) groups excluding carboxylic acids is 2. The molecule has 1 aromatic rings. The van der Waals surface area contributed by atoms with Crippen LogP contribution in [0.2, 0.25) is 0 Å². The number of methoxy groups -OCH3 is 1. The quantitative estimate of drug-likeness (QED) is 0.515. The number of hydrogen-bond acceptors (Lipinski definition) is 6. The molecule has 2 rings (SSSR count). The number of rotatable bonds is 6. The van der Waals surface area contributed by atoms with Crippen LogP contribution in [0.5, 0.6) is 5.75 Å². The van der Waals surface area contributed by atoms with Crippen molar-refractivity contribution in [2.24, 2.45) is 4.99 Å². The molecule has 134 valence electrons. The van der Waals surface area contributed by atoms with E-state index >= 15 is 0 Å². The first kappa shape index (κ1) is 19.5. The van der Waals surface area contributed by atoms with Gasteiger partial charge < -0.3 is 9.47 Å². The largest absolute Gasteiger partial charge is 0.481 e. The summed E-state index contributed by atoms with van der Waals surface area (Å²) >= 11 is 4.79. The van der Waals surface area contributed by atoms with Crippen LogP contribution >= 0.6 is 27.7 Å². The first-order valence-corrected chi connectivity index (χ1v) is 9.36. The average Bonchev–Trinajstić information content (AvgIpc) is 2.89. The first-order chi connectivity index (χ1) is 12.0. The van der Waals surface area contributed by atoms with Gasteiger partial charge in [-0.1, -0.05) is 6.07 Å². The van der Waals surface area contributed by atoms with Gasteiger partial charge in [-0.3, -0.25) is 14.7 Å². The number of likely N-dealkylation sites (N-methyl/N-ethyl adjacent to an activating group) is 1. The summed E-state index contributed by atoms with van der Waals surface area (Å²) < 4.78 is 10.6. The molecule has 1 heterocycles. The number of hydrogen-bond donors (Lipinski definition) is 0. The van der Waals surface area contributed by atoms with Crippen molar-refractivity contribution in [1.82, 2.24) is 4.90 Å². The monoisotopic (exact) mass is 426 g/mol. The topological polar surface area (TPSA) is 68.2 Å². The maximum absolute atomic E-state index is 12.5. The predicted octanol–water partition coefficient (Wildman–Crippen LogP) is 3.31. The van der Waals surface area contributed by atoms with E-state index in [4.69, 9.17) is 4.74 Å². The normalized spacial score (nSPS) is 17.4. The summed E-state index contributed by atoms with van der Waals surface area (Å²) in [5, 5.41) is 0.735. The highest BCUT2D eigenvalue weighted by atomic mass is 79.9. The van der Waals surface area contributed by atoms with Gasteiger partial charge in [-0.25, -0.2) is 4.79 Å². The number of aliphatic imine (C=N–C) groups is 1. The standard InChI is InChI=1S/C17H19BrN2O4S/c1-4-19-17-20(5-2)16(22)14(25-17)9-11-6-7-13(12(18)8-11)24-10-15(21)23-3/h6-9H,4-5,10H2,1-3H3/b14-9+,19-17?. The molecule has 1 aromatic carbocycles. The van der Waals surface area contributed by atoms with Crippen LogP contribution in [0.4, 0.5) is 0 Å². The summed E-state index contributed by atoms with van der Waals surface area (Å²) in [5.41, 5.74) is 0.849. The second-order valence-corrected chi connectivity index (χ2v) is 6.84. The Morgan fingerprint density at radius 2 is 2.16 bits per heavy atom. The third kappa shape index (κ3) is 4.85. The van der Waals surface area contributed by atoms with Gasteiger partial charge in [-0.2, -0.15) is 0 Å². The number of nitrogens with zero attached hydrogens (tertiary/aromatic N) is 2. The van der Waals surface area contributed by atoms with Gasteiger partial charge in [0.2, 0.25) is 0 Å². The molecule has 0 unspecified atom stereocenters. The Hall–Kier alpha value is -1.80. The molecule has 0 saturated carbocycles. The van der Waals surface area contributed by atoms with Crippen LogP contribution < -0.4 is 4.74 Å². The number of ether oxygens (including phenoxy) is 2. The van der Waals surface area contributed by atoms with Gasteiger partial charge in [0.15, 0.2) is 11.8 Å². The van der Waals surface area contributed by atoms with E-state index in [9.17, 15) is 9.59 Å². The van der Waals surface area contributed by atoms with Gasteiger partial charge in [-0.15, -0.1) is 0 Å². The fourth-order valence-corrected chi connectivity index (χ4v) is 3.73. The van der Waals surface area contributed by atoms with Crippen molar-refractivity contribution in [3.63, 3.8) is 0 Å². The summed E-state index contributed by atoms with van der Waals surface area (Å²) in [5.74, 6) is 0.0386. The number of benzene rings is 1. The number of esters is 1. The minimum atomic E-state index is -0.451. The van der Waals surface area contributed by atoms with Crippen LogP contribution in [-0.4, -0.2) is 48.8 Å². The molecule has 1 fully saturated rings. The van der Waals surface area contributed by atoms with Crippen LogP contribution in [0.15, 0.2) is 32.6 Å². The number of carbonyl (C=O) groups is 2. The Kier molecular flexibility index (Phi) is 7.07. The fourth-order valence-electron chi connectivity index (χ4n) is 2.11. The van der Waals surface area contributed by atoms with Crippen molar-refractivity contribution >= 4 is 50.8 Å². The van der Waals surface area contributed by atoms with Crippen molar-refractivity contribution < 1.29 is 19.1 Å². The smallest absolute Gasteiger partial charge is 0.343 e. The Morgan fingerprint density at radius 1 is 1.40 bits per heavy atom. The lowest BCUT2D eigenvalue weighted by atomic mass is 10.2. The second kappa shape index (κ2) is 9.05.